The number of nitrogens with zero attached hydrogens (tertiary/aromatic N) is 3. The van der Waals surface area contributed by atoms with Gasteiger partial charge in [0.1, 0.15) is 24.7 Å². The fraction of sp³-hybridized carbons (Fsp3) is 0.528. The molecule has 45 heavy (non-hydrogen) atoms. The molecule has 1 saturated heterocycles. The van der Waals surface area contributed by atoms with Crippen LogP contribution in [0.2, 0.25) is 5.02 Å². The predicted octanol–water partition coefficient (Wildman–Crippen LogP) is 8.31. The normalized spacial score (nSPS) is 15.6. The van der Waals surface area contributed by atoms with Gasteiger partial charge in [0.25, 0.3) is 0 Å². The van der Waals surface area contributed by atoms with Crippen LogP contribution in [0.1, 0.15) is 84.2 Å². The van der Waals surface area contributed by atoms with Crippen molar-refractivity contribution in [1.29, 1.82) is 0 Å². The van der Waals surface area contributed by atoms with E-state index in [-0.39, 0.29) is 11.5 Å². The molecule has 1 aromatic carbocycles. The zero-order valence-corrected chi connectivity index (χ0v) is 29.0. The molecule has 0 N–H and O–H groups in total. The van der Waals surface area contributed by atoms with Crippen LogP contribution >= 0.6 is 11.6 Å². The van der Waals surface area contributed by atoms with Crippen LogP contribution in [0.25, 0.3) is 11.3 Å². The van der Waals surface area contributed by atoms with E-state index in [9.17, 15) is 4.79 Å². The summed E-state index contributed by atoms with van der Waals surface area (Å²) in [6.07, 6.45) is 4.35. The number of anilines is 1. The summed E-state index contributed by atoms with van der Waals surface area (Å²) in [4.78, 5) is 25.5. The number of halogens is 1. The Kier molecular flexibility index (Phi) is 11.0. The summed E-state index contributed by atoms with van der Waals surface area (Å²) < 4.78 is 23.9. The third kappa shape index (κ3) is 9.33. The average Bonchev–Trinajstić information content (AvgIpc) is 2.95. The highest BCUT2D eigenvalue weighted by atomic mass is 35.5. The summed E-state index contributed by atoms with van der Waals surface area (Å²) in [6, 6.07) is 9.50. The first-order chi connectivity index (χ1) is 21.1. The lowest BCUT2D eigenvalue weighted by molar-refractivity contribution is -0.171. The molecule has 1 atom stereocenters. The molecule has 1 fully saturated rings. The lowest BCUT2D eigenvalue weighted by atomic mass is 9.82. The van der Waals surface area contributed by atoms with E-state index in [1.807, 2.05) is 85.0 Å². The molecule has 0 aliphatic carbocycles. The first-order valence-corrected chi connectivity index (χ1v) is 16.1. The number of hydrogen-bond acceptors (Lipinski definition) is 8. The Hall–Kier alpha value is -3.36. The van der Waals surface area contributed by atoms with E-state index in [0.717, 1.165) is 59.7 Å². The van der Waals surface area contributed by atoms with Crippen LogP contribution in [0.4, 0.5) is 5.69 Å². The molecule has 4 rings (SSSR count). The second-order valence-corrected chi connectivity index (χ2v) is 14.2. The summed E-state index contributed by atoms with van der Waals surface area (Å²) in [5.74, 6) is 0.821. The number of rotatable bonds is 11. The molecule has 3 heterocycles. The van der Waals surface area contributed by atoms with Gasteiger partial charge in [-0.25, -0.2) is 4.79 Å². The molecule has 1 aliphatic heterocycles. The molecule has 244 valence electrons. The summed E-state index contributed by atoms with van der Waals surface area (Å²) in [7, 11) is 0. The maximum absolute atomic E-state index is 13.6. The summed E-state index contributed by atoms with van der Waals surface area (Å²) in [6.45, 7) is 20.4. The van der Waals surface area contributed by atoms with Gasteiger partial charge in [-0.15, -0.1) is 0 Å². The van der Waals surface area contributed by atoms with Crippen molar-refractivity contribution in [2.24, 2.45) is 5.41 Å². The Morgan fingerprint density at radius 3 is 2.29 bits per heavy atom. The van der Waals surface area contributed by atoms with E-state index in [4.69, 9.17) is 40.5 Å². The van der Waals surface area contributed by atoms with Crippen molar-refractivity contribution in [3.05, 3.63) is 64.6 Å². The molecular formula is C36H48ClN3O5. The average molecular weight is 638 g/mol. The van der Waals surface area contributed by atoms with Crippen LogP contribution in [0.5, 0.6) is 11.5 Å². The zero-order chi connectivity index (χ0) is 32.9. The van der Waals surface area contributed by atoms with Crippen LogP contribution in [0, 0.1) is 19.3 Å². The number of ether oxygens (including phenoxy) is 4. The van der Waals surface area contributed by atoms with Crippen molar-refractivity contribution in [3.63, 3.8) is 0 Å². The minimum absolute atomic E-state index is 0.239. The van der Waals surface area contributed by atoms with Gasteiger partial charge in [0.15, 0.2) is 6.10 Å². The zero-order valence-electron chi connectivity index (χ0n) is 28.2. The van der Waals surface area contributed by atoms with Crippen LogP contribution in [0.15, 0.2) is 42.7 Å². The number of benzene rings is 1. The fourth-order valence-electron chi connectivity index (χ4n) is 5.32. The summed E-state index contributed by atoms with van der Waals surface area (Å²) in [5, 5.41) is 0.577. The van der Waals surface area contributed by atoms with Gasteiger partial charge in [0.05, 0.1) is 34.3 Å². The van der Waals surface area contributed by atoms with E-state index in [1.165, 1.54) is 0 Å². The smallest absolute Gasteiger partial charge is 0.340 e. The fourth-order valence-corrected chi connectivity index (χ4v) is 5.61. The first kappa shape index (κ1) is 34.5. The van der Waals surface area contributed by atoms with Crippen molar-refractivity contribution in [1.82, 2.24) is 9.97 Å². The minimum atomic E-state index is -0.950. The topological polar surface area (TPSA) is 83.0 Å². The molecule has 0 bridgehead atoms. The van der Waals surface area contributed by atoms with Gasteiger partial charge >= 0.3 is 5.97 Å². The maximum atomic E-state index is 13.6. The number of esters is 1. The van der Waals surface area contributed by atoms with Gasteiger partial charge in [-0.2, -0.15) is 0 Å². The van der Waals surface area contributed by atoms with Crippen LogP contribution in [-0.4, -0.2) is 53.9 Å². The Bertz CT molecular complexity index is 1460. The third-order valence-electron chi connectivity index (χ3n) is 7.73. The second-order valence-electron chi connectivity index (χ2n) is 13.8. The monoisotopic (exact) mass is 637 g/mol. The van der Waals surface area contributed by atoms with Gasteiger partial charge in [-0.3, -0.25) is 9.97 Å². The molecule has 9 heteroatoms. The molecule has 0 radical (unpaired) electrons. The first-order valence-electron chi connectivity index (χ1n) is 15.7. The maximum Gasteiger partial charge on any atom is 0.340 e. The summed E-state index contributed by atoms with van der Waals surface area (Å²) >= 11 is 6.28. The Morgan fingerprint density at radius 2 is 1.69 bits per heavy atom. The molecule has 8 nitrogen and oxygen atoms in total. The van der Waals surface area contributed by atoms with E-state index in [0.29, 0.717) is 29.7 Å². The molecule has 3 aromatic rings. The van der Waals surface area contributed by atoms with E-state index in [2.05, 4.69) is 18.7 Å². The highest BCUT2D eigenvalue weighted by Gasteiger charge is 2.37. The number of pyridine rings is 2. The Labute approximate surface area is 273 Å². The molecule has 0 spiro atoms. The van der Waals surface area contributed by atoms with Crippen LogP contribution in [0.3, 0.4) is 0 Å². The molecular weight excluding hydrogens is 590 g/mol. The molecule has 0 unspecified atom stereocenters. The summed E-state index contributed by atoms with van der Waals surface area (Å²) in [5.41, 5.74) is 4.63. The third-order valence-corrected chi connectivity index (χ3v) is 8.02. The van der Waals surface area contributed by atoms with Crippen LogP contribution in [-0.2, 0) is 14.3 Å². The quantitative estimate of drug-likeness (QED) is 0.153. The van der Waals surface area contributed by atoms with Gasteiger partial charge in [-0.05, 0) is 96.6 Å². The highest BCUT2D eigenvalue weighted by Crippen LogP contribution is 2.43. The molecule has 0 saturated carbocycles. The highest BCUT2D eigenvalue weighted by molar-refractivity contribution is 6.32. The van der Waals surface area contributed by atoms with E-state index in [1.54, 1.807) is 6.20 Å². The molecule has 0 amide bonds. The number of piperidine rings is 1. The van der Waals surface area contributed by atoms with Crippen molar-refractivity contribution in [2.45, 2.75) is 93.0 Å². The largest absolute Gasteiger partial charge is 0.488 e. The minimum Gasteiger partial charge on any atom is -0.488 e. The number of carbonyl (C=O) groups is 1. The van der Waals surface area contributed by atoms with E-state index >= 15 is 0 Å². The number of aromatic nitrogens is 2. The lowest BCUT2D eigenvalue weighted by Crippen LogP contribution is -2.39. The van der Waals surface area contributed by atoms with Crippen molar-refractivity contribution in [3.8, 4) is 22.8 Å². The molecule has 1 aliphatic rings. The van der Waals surface area contributed by atoms with Gasteiger partial charge in [-0.1, -0.05) is 31.5 Å². The van der Waals surface area contributed by atoms with Crippen molar-refractivity contribution in [2.75, 3.05) is 31.2 Å². The van der Waals surface area contributed by atoms with Gasteiger partial charge in [0, 0.05) is 36.1 Å². The Balaban J connectivity index is 1.65. The number of carbonyl (C=O) groups excluding carboxylic acids is 1. The SMILES string of the molecule is Cc1ccc(OCCOc2ccc(-c3cnc(C)c([C@H](OC(C)(C)C)C(=O)OC(C)C)c3N3CCC(C)(C)CC3)nc2)c(Cl)c1. The Morgan fingerprint density at radius 1 is 1.00 bits per heavy atom. The number of aryl methyl sites for hydroxylation is 2. The number of hydrogen-bond donors (Lipinski definition) is 0. The van der Waals surface area contributed by atoms with E-state index < -0.39 is 17.7 Å². The standard InChI is InChI=1S/C36H48ClN3O5/c1-23(2)44-34(41)33(45-35(5,6)7)31-25(4)38-22-27(32(31)40-16-14-36(8,9)15-17-40)29-12-11-26(21-39-29)42-18-19-43-30-13-10-24(3)20-28(30)37/h10-13,20-23,33H,14-19H2,1-9H3/t33-/m0/s1. The molecule has 2 aromatic heterocycles. The van der Waals surface area contributed by atoms with Gasteiger partial charge in [0.2, 0.25) is 0 Å². The lowest BCUT2D eigenvalue weighted by Gasteiger charge is -2.41. The predicted molar refractivity (Wildman–Crippen MR) is 179 cm³/mol. The van der Waals surface area contributed by atoms with Crippen molar-refractivity contribution >= 4 is 23.3 Å². The van der Waals surface area contributed by atoms with Crippen LogP contribution < -0.4 is 14.4 Å². The second kappa shape index (κ2) is 14.4. The van der Waals surface area contributed by atoms with Crippen molar-refractivity contribution < 1.29 is 23.7 Å². The van der Waals surface area contributed by atoms with Gasteiger partial charge < -0.3 is 23.8 Å².